The zero-order valence-corrected chi connectivity index (χ0v) is 26.1. The van der Waals surface area contributed by atoms with Crippen molar-refractivity contribution in [2.24, 2.45) is 0 Å². The highest BCUT2D eigenvalue weighted by atomic mass is 33.1. The summed E-state index contributed by atoms with van der Waals surface area (Å²) >= 11 is 0. The second kappa shape index (κ2) is 15.9. The molecule has 0 saturated carbocycles. The number of anilines is 1. The lowest BCUT2D eigenvalue weighted by atomic mass is 10.1. The molecule has 0 spiro atoms. The third-order valence-electron chi connectivity index (χ3n) is 6.18. The Morgan fingerprint density at radius 2 is 1.51 bits per heavy atom. The normalized spacial score (nSPS) is 12.9. The molecule has 0 atom stereocenters. The summed E-state index contributed by atoms with van der Waals surface area (Å²) in [6, 6.07) is 6.36. The molecule has 0 unspecified atom stereocenters. The SMILES string of the molecule is COCCOCCOCCN(CC(C)(C)SSC)c1cc(CO)cc(CO[Si](C)(C)C(C)(C)C)c1. The van der Waals surface area contributed by atoms with E-state index in [0.717, 1.165) is 29.9 Å². The first-order valence-electron chi connectivity index (χ1n) is 12.3. The number of methoxy groups -OCH3 is 1. The van der Waals surface area contributed by atoms with E-state index < -0.39 is 8.32 Å². The van der Waals surface area contributed by atoms with Crippen LogP contribution in [0.2, 0.25) is 18.1 Å². The first-order valence-corrected chi connectivity index (χ1v) is 17.8. The van der Waals surface area contributed by atoms with Gasteiger partial charge in [0.2, 0.25) is 0 Å². The molecule has 35 heavy (non-hydrogen) atoms. The molecule has 204 valence electrons. The summed E-state index contributed by atoms with van der Waals surface area (Å²) in [6.45, 7) is 20.9. The van der Waals surface area contributed by atoms with Crippen LogP contribution < -0.4 is 4.90 Å². The van der Waals surface area contributed by atoms with Crippen LogP contribution in [-0.4, -0.2) is 77.7 Å². The summed E-state index contributed by atoms with van der Waals surface area (Å²) in [5.41, 5.74) is 3.10. The number of rotatable bonds is 18. The molecular formula is C26H49NO5S2Si. The molecule has 1 aromatic carbocycles. The van der Waals surface area contributed by atoms with Gasteiger partial charge in [0.05, 0.1) is 46.2 Å². The van der Waals surface area contributed by atoms with Gasteiger partial charge in [0.25, 0.3) is 0 Å². The predicted octanol–water partition coefficient (Wildman–Crippen LogP) is 5.98. The van der Waals surface area contributed by atoms with Gasteiger partial charge in [-0.1, -0.05) is 48.4 Å². The smallest absolute Gasteiger partial charge is 0.192 e. The van der Waals surface area contributed by atoms with Crippen LogP contribution in [0.4, 0.5) is 5.69 Å². The number of hydrogen-bond acceptors (Lipinski definition) is 8. The zero-order valence-electron chi connectivity index (χ0n) is 23.4. The van der Waals surface area contributed by atoms with Gasteiger partial charge in [-0.2, -0.15) is 0 Å². The molecule has 6 nitrogen and oxygen atoms in total. The van der Waals surface area contributed by atoms with E-state index in [9.17, 15) is 5.11 Å². The molecule has 0 saturated heterocycles. The Bertz CT molecular complexity index is 728. The van der Waals surface area contributed by atoms with Gasteiger partial charge in [-0.25, -0.2) is 0 Å². The van der Waals surface area contributed by atoms with Gasteiger partial charge in [-0.3, -0.25) is 0 Å². The molecule has 0 radical (unpaired) electrons. The summed E-state index contributed by atoms with van der Waals surface area (Å²) < 4.78 is 22.9. The van der Waals surface area contributed by atoms with Crippen molar-refractivity contribution in [3.8, 4) is 0 Å². The van der Waals surface area contributed by atoms with E-state index in [1.807, 2.05) is 10.8 Å². The molecule has 1 rings (SSSR count). The first-order chi connectivity index (χ1) is 16.3. The Balaban J connectivity index is 2.97. The first kappa shape index (κ1) is 32.8. The average Bonchev–Trinajstić information content (AvgIpc) is 2.77. The molecule has 0 heterocycles. The molecule has 0 aromatic heterocycles. The third kappa shape index (κ3) is 12.7. The topological polar surface area (TPSA) is 60.4 Å². The second-order valence-electron chi connectivity index (χ2n) is 10.9. The maximum atomic E-state index is 9.97. The highest BCUT2D eigenvalue weighted by Gasteiger charge is 2.37. The minimum atomic E-state index is -1.87. The summed E-state index contributed by atoms with van der Waals surface area (Å²) in [5.74, 6) is 0. The van der Waals surface area contributed by atoms with E-state index >= 15 is 0 Å². The van der Waals surface area contributed by atoms with Crippen LogP contribution in [0, 0.1) is 0 Å². The fraction of sp³-hybridized carbons (Fsp3) is 0.769. The Kier molecular flexibility index (Phi) is 14.9. The summed E-state index contributed by atoms with van der Waals surface area (Å²) in [6.07, 6.45) is 2.12. The molecular weight excluding hydrogens is 499 g/mol. The fourth-order valence-electron chi connectivity index (χ4n) is 3.23. The van der Waals surface area contributed by atoms with Crippen LogP contribution in [0.5, 0.6) is 0 Å². The van der Waals surface area contributed by atoms with Crippen molar-refractivity contribution in [1.29, 1.82) is 0 Å². The van der Waals surface area contributed by atoms with Gasteiger partial charge in [0.1, 0.15) is 0 Å². The minimum absolute atomic E-state index is 0.00698. The number of aliphatic hydroxyl groups excluding tert-OH is 1. The quantitative estimate of drug-likeness (QED) is 0.137. The maximum Gasteiger partial charge on any atom is 0.192 e. The highest BCUT2D eigenvalue weighted by molar-refractivity contribution is 8.77. The summed E-state index contributed by atoms with van der Waals surface area (Å²) in [7, 11) is 3.46. The summed E-state index contributed by atoms with van der Waals surface area (Å²) in [5, 5.41) is 10.1. The van der Waals surface area contributed by atoms with Crippen LogP contribution >= 0.6 is 21.6 Å². The van der Waals surface area contributed by atoms with Crippen molar-refractivity contribution in [2.45, 2.75) is 70.7 Å². The van der Waals surface area contributed by atoms with Crippen LogP contribution in [0.3, 0.4) is 0 Å². The summed E-state index contributed by atoms with van der Waals surface area (Å²) in [4.78, 5) is 2.37. The van der Waals surface area contributed by atoms with Crippen LogP contribution in [0.15, 0.2) is 18.2 Å². The van der Waals surface area contributed by atoms with Gasteiger partial charge >= 0.3 is 0 Å². The fourth-order valence-corrected chi connectivity index (χ4v) is 6.36. The Morgan fingerprint density at radius 3 is 2.09 bits per heavy atom. The maximum absolute atomic E-state index is 9.97. The van der Waals surface area contributed by atoms with Gasteiger partial charge in [-0.15, -0.1) is 0 Å². The van der Waals surface area contributed by atoms with Crippen molar-refractivity contribution in [3.05, 3.63) is 29.3 Å². The Labute approximate surface area is 223 Å². The van der Waals surface area contributed by atoms with Gasteiger partial charge in [0, 0.05) is 30.6 Å². The molecule has 0 bridgehead atoms. The van der Waals surface area contributed by atoms with Crippen LogP contribution in [0.1, 0.15) is 45.7 Å². The number of hydrogen-bond donors (Lipinski definition) is 1. The number of aliphatic hydroxyl groups is 1. The van der Waals surface area contributed by atoms with E-state index in [1.165, 1.54) is 0 Å². The van der Waals surface area contributed by atoms with Crippen molar-refractivity contribution in [3.63, 3.8) is 0 Å². The monoisotopic (exact) mass is 547 g/mol. The average molecular weight is 548 g/mol. The Morgan fingerprint density at radius 1 is 0.914 bits per heavy atom. The molecule has 0 aliphatic heterocycles. The standard InChI is InChI=1S/C26H49NO5S2Si/c1-25(2,3)35(8,9)32-20-23-16-22(19-28)17-24(18-23)27(21-26(4,5)34-33-7)10-11-30-14-15-31-13-12-29-6/h16-18,28H,10-15,19-21H2,1-9H3. The third-order valence-corrected chi connectivity index (χ3v) is 13.3. The van der Waals surface area contributed by atoms with Crippen molar-refractivity contribution < 1.29 is 23.7 Å². The lowest BCUT2D eigenvalue weighted by molar-refractivity contribution is 0.0264. The molecule has 9 heteroatoms. The molecule has 0 amide bonds. The lowest BCUT2D eigenvalue weighted by Gasteiger charge is -2.36. The van der Waals surface area contributed by atoms with Gasteiger partial charge in [-0.05, 0) is 61.5 Å². The predicted molar refractivity (Wildman–Crippen MR) is 155 cm³/mol. The lowest BCUT2D eigenvalue weighted by Crippen LogP contribution is -2.40. The molecule has 0 fully saturated rings. The number of benzene rings is 1. The van der Waals surface area contributed by atoms with E-state index in [-0.39, 0.29) is 16.4 Å². The van der Waals surface area contributed by atoms with E-state index in [4.69, 9.17) is 18.6 Å². The molecule has 1 aromatic rings. The second-order valence-corrected chi connectivity index (χ2v) is 18.8. The van der Waals surface area contributed by atoms with Crippen LogP contribution in [0.25, 0.3) is 0 Å². The molecule has 0 aliphatic carbocycles. The van der Waals surface area contributed by atoms with E-state index in [2.05, 4.69) is 77.1 Å². The van der Waals surface area contributed by atoms with Crippen molar-refractivity contribution >= 4 is 35.6 Å². The minimum Gasteiger partial charge on any atom is -0.413 e. The number of nitrogens with zero attached hydrogens (tertiary/aromatic N) is 1. The largest absolute Gasteiger partial charge is 0.413 e. The van der Waals surface area contributed by atoms with Crippen LogP contribution in [-0.2, 0) is 31.9 Å². The van der Waals surface area contributed by atoms with E-state index in [1.54, 1.807) is 17.9 Å². The van der Waals surface area contributed by atoms with E-state index in [0.29, 0.717) is 39.6 Å². The van der Waals surface area contributed by atoms with Crippen molar-refractivity contribution in [1.82, 2.24) is 0 Å². The molecule has 0 aliphatic rings. The van der Waals surface area contributed by atoms with Crippen molar-refractivity contribution in [2.75, 3.05) is 64.4 Å². The Hall–Kier alpha value is -0.263. The van der Waals surface area contributed by atoms with Gasteiger partial charge in [0.15, 0.2) is 8.32 Å². The van der Waals surface area contributed by atoms with Gasteiger partial charge < -0.3 is 28.6 Å². The zero-order chi connectivity index (χ0) is 26.5. The highest BCUT2D eigenvalue weighted by Crippen LogP contribution is 2.38. The number of ether oxygens (including phenoxy) is 3. The molecule has 1 N–H and O–H groups in total.